The first-order valence-electron chi connectivity index (χ1n) is 5.10. The third kappa shape index (κ3) is 4.53. The molecular formula is C13H17NO. The Labute approximate surface area is 91.5 Å². The van der Waals surface area contributed by atoms with E-state index in [0.717, 1.165) is 18.6 Å². The molecule has 0 radical (unpaired) electrons. The molecule has 0 amide bonds. The second kappa shape index (κ2) is 6.10. The van der Waals surface area contributed by atoms with Gasteiger partial charge in [-0.2, -0.15) is 0 Å². The minimum atomic E-state index is 0.183. The Hall–Kier alpha value is -1.46. The number of nitrogens with two attached hydrogens (primary N) is 1. The van der Waals surface area contributed by atoms with Gasteiger partial charge in [0.25, 0.3) is 0 Å². The molecule has 0 saturated heterocycles. The smallest absolute Gasteiger partial charge is 0.148 e. The zero-order valence-electron chi connectivity index (χ0n) is 9.07. The van der Waals surface area contributed by atoms with Gasteiger partial charge in [-0.3, -0.25) is 0 Å². The van der Waals surface area contributed by atoms with Crippen LogP contribution in [-0.2, 0) is 4.74 Å². The molecule has 1 aliphatic carbocycles. The molecule has 0 bridgehead atoms. The fourth-order valence-electron chi connectivity index (χ4n) is 1.40. The van der Waals surface area contributed by atoms with E-state index in [-0.39, 0.29) is 6.04 Å². The van der Waals surface area contributed by atoms with Gasteiger partial charge < -0.3 is 10.5 Å². The van der Waals surface area contributed by atoms with E-state index >= 15 is 0 Å². The molecule has 2 heteroatoms. The number of allylic oxidation sites excluding steroid dienone is 4. The maximum absolute atomic E-state index is 5.74. The summed E-state index contributed by atoms with van der Waals surface area (Å²) in [5.41, 5.74) is 6.96. The van der Waals surface area contributed by atoms with Gasteiger partial charge >= 0.3 is 0 Å². The van der Waals surface area contributed by atoms with E-state index in [0.29, 0.717) is 6.61 Å². The largest absolute Gasteiger partial charge is 0.485 e. The predicted molar refractivity (Wildman–Crippen MR) is 63.0 cm³/mol. The molecule has 1 aliphatic rings. The molecule has 0 spiro atoms. The van der Waals surface area contributed by atoms with E-state index in [1.54, 1.807) is 0 Å². The van der Waals surface area contributed by atoms with E-state index in [2.05, 4.69) is 18.1 Å². The fraction of sp³-hybridized carbons (Fsp3) is 0.385. The third-order valence-electron chi connectivity index (χ3n) is 2.03. The first-order chi connectivity index (χ1) is 7.22. The van der Waals surface area contributed by atoms with Crippen LogP contribution in [0.4, 0.5) is 0 Å². The van der Waals surface area contributed by atoms with Crippen molar-refractivity contribution in [2.45, 2.75) is 25.8 Å². The Balaban J connectivity index is 2.59. The summed E-state index contributed by atoms with van der Waals surface area (Å²) in [4.78, 5) is 0. The van der Waals surface area contributed by atoms with Gasteiger partial charge in [0, 0.05) is 12.5 Å². The second-order valence-electron chi connectivity index (χ2n) is 3.66. The molecule has 0 saturated carbocycles. The molecular weight excluding hydrogens is 186 g/mol. The molecule has 0 aromatic rings. The summed E-state index contributed by atoms with van der Waals surface area (Å²) in [5, 5.41) is 0. The van der Waals surface area contributed by atoms with Gasteiger partial charge in [0.2, 0.25) is 0 Å². The van der Waals surface area contributed by atoms with Gasteiger partial charge in [-0.15, -0.1) is 6.42 Å². The van der Waals surface area contributed by atoms with Crippen LogP contribution in [0.3, 0.4) is 0 Å². The normalized spacial score (nSPS) is 17.1. The molecule has 2 N–H and O–H groups in total. The fourth-order valence-corrected chi connectivity index (χ4v) is 1.40. The SMILES string of the molecule is C#CCOC1=CC=C(CC(C)N)C=CC1. The van der Waals surface area contributed by atoms with Gasteiger partial charge in [0.1, 0.15) is 12.4 Å². The van der Waals surface area contributed by atoms with Crippen LogP contribution in [0.1, 0.15) is 19.8 Å². The summed E-state index contributed by atoms with van der Waals surface area (Å²) < 4.78 is 5.36. The van der Waals surface area contributed by atoms with Crippen molar-refractivity contribution < 1.29 is 4.74 Å². The minimum absolute atomic E-state index is 0.183. The molecule has 1 unspecified atom stereocenters. The predicted octanol–water partition coefficient (Wildman–Crippen LogP) is 2.14. The lowest BCUT2D eigenvalue weighted by molar-refractivity contribution is 0.248. The Morgan fingerprint density at radius 3 is 3.07 bits per heavy atom. The van der Waals surface area contributed by atoms with Crippen LogP contribution in [0.25, 0.3) is 0 Å². The number of hydrogen-bond donors (Lipinski definition) is 1. The van der Waals surface area contributed by atoms with Crippen molar-refractivity contribution in [1.82, 2.24) is 0 Å². The average molecular weight is 203 g/mol. The molecule has 0 aromatic carbocycles. The van der Waals surface area contributed by atoms with Crippen molar-refractivity contribution in [2.75, 3.05) is 6.61 Å². The highest BCUT2D eigenvalue weighted by atomic mass is 16.5. The van der Waals surface area contributed by atoms with Crippen molar-refractivity contribution >= 4 is 0 Å². The van der Waals surface area contributed by atoms with Crippen LogP contribution in [0.5, 0.6) is 0 Å². The first-order valence-corrected chi connectivity index (χ1v) is 5.10. The van der Waals surface area contributed by atoms with E-state index in [4.69, 9.17) is 16.9 Å². The lowest BCUT2D eigenvalue weighted by atomic mass is 10.1. The molecule has 0 aliphatic heterocycles. The van der Waals surface area contributed by atoms with Crippen molar-refractivity contribution in [3.8, 4) is 12.3 Å². The highest BCUT2D eigenvalue weighted by molar-refractivity contribution is 5.29. The Morgan fingerprint density at radius 2 is 2.40 bits per heavy atom. The molecule has 1 rings (SSSR count). The Bertz CT molecular complexity index is 329. The van der Waals surface area contributed by atoms with E-state index in [1.807, 2.05) is 19.1 Å². The lowest BCUT2D eigenvalue weighted by Gasteiger charge is -2.03. The van der Waals surface area contributed by atoms with E-state index < -0.39 is 0 Å². The molecule has 80 valence electrons. The third-order valence-corrected chi connectivity index (χ3v) is 2.03. The van der Waals surface area contributed by atoms with Crippen LogP contribution < -0.4 is 5.73 Å². The highest BCUT2D eigenvalue weighted by Crippen LogP contribution is 2.15. The van der Waals surface area contributed by atoms with Crippen molar-refractivity contribution in [3.63, 3.8) is 0 Å². The zero-order chi connectivity index (χ0) is 11.1. The quantitative estimate of drug-likeness (QED) is 0.710. The molecule has 0 fully saturated rings. The maximum atomic E-state index is 5.74. The molecule has 2 nitrogen and oxygen atoms in total. The summed E-state index contributed by atoms with van der Waals surface area (Å²) in [6.45, 7) is 2.33. The molecule has 1 atom stereocenters. The standard InChI is InChI=1S/C13H17NO/c1-3-9-15-13-6-4-5-12(7-8-13)10-11(2)14/h1,4-5,7-8,11H,6,9-10,14H2,2H3. The minimum Gasteiger partial charge on any atom is -0.485 e. The highest BCUT2D eigenvalue weighted by Gasteiger charge is 2.02. The second-order valence-corrected chi connectivity index (χ2v) is 3.66. The molecule has 0 aromatic heterocycles. The van der Waals surface area contributed by atoms with Crippen molar-refractivity contribution in [2.24, 2.45) is 5.73 Å². The van der Waals surface area contributed by atoms with E-state index in [1.165, 1.54) is 5.57 Å². The van der Waals surface area contributed by atoms with Crippen LogP contribution in [0, 0.1) is 12.3 Å². The number of terminal acetylenes is 1. The number of hydrogen-bond acceptors (Lipinski definition) is 2. The summed E-state index contributed by atoms with van der Waals surface area (Å²) in [6, 6.07) is 0.183. The van der Waals surface area contributed by atoms with Crippen molar-refractivity contribution in [1.29, 1.82) is 0 Å². The topological polar surface area (TPSA) is 35.2 Å². The van der Waals surface area contributed by atoms with Crippen LogP contribution in [0.2, 0.25) is 0 Å². The first kappa shape index (κ1) is 11.6. The zero-order valence-corrected chi connectivity index (χ0v) is 9.07. The summed E-state index contributed by atoms with van der Waals surface area (Å²) >= 11 is 0. The Morgan fingerprint density at radius 1 is 1.60 bits per heavy atom. The lowest BCUT2D eigenvalue weighted by Crippen LogP contribution is -2.14. The van der Waals surface area contributed by atoms with Crippen molar-refractivity contribution in [3.05, 3.63) is 35.6 Å². The van der Waals surface area contributed by atoms with Gasteiger partial charge in [-0.1, -0.05) is 24.1 Å². The number of ether oxygens (including phenoxy) is 1. The van der Waals surface area contributed by atoms with Gasteiger partial charge in [-0.05, 0) is 25.0 Å². The van der Waals surface area contributed by atoms with Gasteiger partial charge in [0.05, 0.1) is 0 Å². The summed E-state index contributed by atoms with van der Waals surface area (Å²) in [5.74, 6) is 3.36. The van der Waals surface area contributed by atoms with Crippen LogP contribution in [0.15, 0.2) is 35.6 Å². The Kier molecular flexibility index (Phi) is 4.73. The number of rotatable bonds is 4. The average Bonchev–Trinajstić information content (AvgIpc) is 2.40. The maximum Gasteiger partial charge on any atom is 0.148 e. The summed E-state index contributed by atoms with van der Waals surface area (Å²) in [7, 11) is 0. The van der Waals surface area contributed by atoms with E-state index in [9.17, 15) is 0 Å². The van der Waals surface area contributed by atoms with Crippen LogP contribution in [-0.4, -0.2) is 12.6 Å². The van der Waals surface area contributed by atoms with Crippen LogP contribution >= 0.6 is 0 Å². The molecule has 15 heavy (non-hydrogen) atoms. The monoisotopic (exact) mass is 203 g/mol. The summed E-state index contributed by atoms with van der Waals surface area (Å²) in [6.07, 6.45) is 15.0. The molecule has 0 heterocycles. The van der Waals surface area contributed by atoms with Gasteiger partial charge in [0.15, 0.2) is 0 Å². The van der Waals surface area contributed by atoms with Gasteiger partial charge in [-0.25, -0.2) is 0 Å².